The number of carbonyl (C=O) groups is 2. The summed E-state index contributed by atoms with van der Waals surface area (Å²) in [5.74, 6) is -0.511. The van der Waals surface area contributed by atoms with Crippen LogP contribution in [0.15, 0.2) is 12.2 Å². The highest BCUT2D eigenvalue weighted by Crippen LogP contribution is 2.42. The molecule has 2 unspecified atom stereocenters. The van der Waals surface area contributed by atoms with E-state index in [-0.39, 0.29) is 32.1 Å². The first-order valence-corrected chi connectivity index (χ1v) is 27.7. The topological polar surface area (TPSA) is 131 Å². The maximum Gasteiger partial charge on any atom is 0.472 e. The number of esters is 1. The van der Waals surface area contributed by atoms with Crippen molar-refractivity contribution < 1.29 is 37.9 Å². The van der Waals surface area contributed by atoms with Crippen LogP contribution in [0.4, 0.5) is 0 Å². The number of rotatable bonds is 50. The molecule has 0 heterocycles. The lowest BCUT2D eigenvalue weighted by molar-refractivity contribution is -0.147. The van der Waals surface area contributed by atoms with Crippen molar-refractivity contribution in [1.29, 1.82) is 0 Å². The van der Waals surface area contributed by atoms with E-state index in [0.717, 1.165) is 57.8 Å². The SMILES string of the molecule is CCCCCCCCC/C=C\CCCCCCCC(=O)OCC(O)COP(=O)(O)OCCNC(=O)CCCCCCCCCCCCCCCCCCCCCCCCCC. The quantitative estimate of drug-likeness (QED) is 0.0238. The van der Waals surface area contributed by atoms with E-state index < -0.39 is 26.5 Å². The minimum Gasteiger partial charge on any atom is -0.463 e. The fourth-order valence-corrected chi connectivity index (χ4v) is 8.49. The van der Waals surface area contributed by atoms with Crippen molar-refractivity contribution in [2.75, 3.05) is 26.4 Å². The van der Waals surface area contributed by atoms with Gasteiger partial charge in [0.2, 0.25) is 5.91 Å². The van der Waals surface area contributed by atoms with E-state index in [1.165, 1.54) is 186 Å². The average Bonchev–Trinajstić information content (AvgIpc) is 3.25. The van der Waals surface area contributed by atoms with E-state index in [4.69, 9.17) is 13.8 Å². The number of amides is 1. The van der Waals surface area contributed by atoms with Crippen molar-refractivity contribution in [2.24, 2.45) is 0 Å². The van der Waals surface area contributed by atoms with Crippen molar-refractivity contribution in [3.8, 4) is 0 Å². The molecule has 0 spiro atoms. The van der Waals surface area contributed by atoms with E-state index in [0.29, 0.717) is 6.42 Å². The minimum absolute atomic E-state index is 0.0860. The fourth-order valence-electron chi connectivity index (χ4n) is 7.73. The maximum absolute atomic E-state index is 12.1. The van der Waals surface area contributed by atoms with Crippen LogP contribution in [0.2, 0.25) is 0 Å². The molecule has 0 aromatic carbocycles. The summed E-state index contributed by atoms with van der Waals surface area (Å²) in [5, 5.41) is 12.7. The van der Waals surface area contributed by atoms with Gasteiger partial charge >= 0.3 is 13.8 Å². The van der Waals surface area contributed by atoms with Crippen LogP contribution in [0, 0.1) is 0 Å². The number of phosphoric acid groups is 1. The number of aliphatic hydroxyl groups is 1. The Labute approximate surface area is 377 Å². The molecule has 0 aliphatic rings. The Morgan fingerprint density at radius 3 is 1.23 bits per heavy atom. The number of aliphatic hydroxyl groups excluding tert-OH is 1. The van der Waals surface area contributed by atoms with E-state index >= 15 is 0 Å². The summed E-state index contributed by atoms with van der Waals surface area (Å²) in [6.45, 7) is 3.60. The van der Waals surface area contributed by atoms with Crippen LogP contribution in [0.25, 0.3) is 0 Å². The predicted molar refractivity (Wildman–Crippen MR) is 257 cm³/mol. The molecule has 0 saturated heterocycles. The molecule has 0 aliphatic carbocycles. The first-order chi connectivity index (χ1) is 29.8. The van der Waals surface area contributed by atoms with Gasteiger partial charge in [-0.3, -0.25) is 18.6 Å². The van der Waals surface area contributed by atoms with Crippen molar-refractivity contribution in [1.82, 2.24) is 5.32 Å². The molecule has 3 N–H and O–H groups in total. The van der Waals surface area contributed by atoms with Crippen molar-refractivity contribution in [3.63, 3.8) is 0 Å². The van der Waals surface area contributed by atoms with Crippen LogP contribution in [-0.2, 0) is 27.9 Å². The molecule has 61 heavy (non-hydrogen) atoms. The Kier molecular flexibility index (Phi) is 47.2. The van der Waals surface area contributed by atoms with Crippen LogP contribution in [0.5, 0.6) is 0 Å². The first kappa shape index (κ1) is 59.8. The molecular formula is C51H100NO8P. The molecule has 0 radical (unpaired) electrons. The van der Waals surface area contributed by atoms with Gasteiger partial charge in [0.25, 0.3) is 0 Å². The molecule has 362 valence electrons. The second-order valence-corrected chi connectivity index (χ2v) is 19.3. The molecule has 9 nitrogen and oxygen atoms in total. The van der Waals surface area contributed by atoms with Crippen LogP contribution in [-0.4, -0.2) is 54.3 Å². The third-order valence-electron chi connectivity index (χ3n) is 11.7. The van der Waals surface area contributed by atoms with Gasteiger partial charge in [0.05, 0.1) is 13.2 Å². The molecule has 0 aromatic rings. The highest BCUT2D eigenvalue weighted by atomic mass is 31.2. The molecular weight excluding hydrogens is 786 g/mol. The van der Waals surface area contributed by atoms with Gasteiger partial charge in [-0.1, -0.05) is 231 Å². The third kappa shape index (κ3) is 49.6. The zero-order valence-electron chi connectivity index (χ0n) is 40.1. The van der Waals surface area contributed by atoms with E-state index in [1.807, 2.05) is 0 Å². The second-order valence-electron chi connectivity index (χ2n) is 17.9. The molecule has 2 atom stereocenters. The zero-order chi connectivity index (χ0) is 44.6. The predicted octanol–water partition coefficient (Wildman–Crippen LogP) is 15.3. The zero-order valence-corrected chi connectivity index (χ0v) is 41.0. The summed E-state index contributed by atoms with van der Waals surface area (Å²) in [6.07, 6.45) is 53.0. The molecule has 0 aromatic heterocycles. The number of allylic oxidation sites excluding steroid dienone is 2. The molecule has 10 heteroatoms. The van der Waals surface area contributed by atoms with Gasteiger partial charge in [-0.2, -0.15) is 0 Å². The van der Waals surface area contributed by atoms with Gasteiger partial charge in [0.1, 0.15) is 12.7 Å². The summed E-state index contributed by atoms with van der Waals surface area (Å²) < 4.78 is 27.0. The molecule has 0 rings (SSSR count). The maximum atomic E-state index is 12.1. The number of hydrogen-bond acceptors (Lipinski definition) is 7. The lowest BCUT2D eigenvalue weighted by atomic mass is 10.0. The summed E-state index contributed by atoms with van der Waals surface area (Å²) >= 11 is 0. The number of hydrogen-bond donors (Lipinski definition) is 3. The van der Waals surface area contributed by atoms with Gasteiger partial charge in [-0.25, -0.2) is 4.57 Å². The van der Waals surface area contributed by atoms with Gasteiger partial charge in [-0.15, -0.1) is 0 Å². The van der Waals surface area contributed by atoms with Crippen LogP contribution >= 0.6 is 7.82 Å². The fraction of sp³-hybridized carbons (Fsp3) is 0.922. The van der Waals surface area contributed by atoms with Crippen molar-refractivity contribution in [2.45, 2.75) is 277 Å². The smallest absolute Gasteiger partial charge is 0.463 e. The summed E-state index contributed by atoms with van der Waals surface area (Å²) in [4.78, 5) is 34.0. The van der Waals surface area contributed by atoms with Crippen LogP contribution < -0.4 is 5.32 Å². The number of phosphoric ester groups is 1. The number of carbonyl (C=O) groups excluding carboxylic acids is 2. The van der Waals surface area contributed by atoms with Gasteiger partial charge in [0.15, 0.2) is 0 Å². The standard InChI is InChI=1S/C51H100NO8P/c1-3-5-7-9-11-13-15-17-19-21-22-23-24-25-26-27-28-29-31-33-35-37-39-41-43-50(54)52-45-46-59-61(56,57)60-48-49(53)47-58-51(55)44-42-40-38-36-34-32-30-20-18-16-14-12-10-8-6-4-2/h20,30,49,53H,3-19,21-29,31-48H2,1-2H3,(H,52,54)(H,56,57)/b30-20-. The monoisotopic (exact) mass is 886 g/mol. The van der Waals surface area contributed by atoms with E-state index in [9.17, 15) is 24.2 Å². The normalized spacial score (nSPS) is 13.2. The lowest BCUT2D eigenvalue weighted by Gasteiger charge is -2.15. The Hall–Kier alpha value is -1.25. The Bertz CT molecular complexity index is 1010. The Balaban J connectivity index is 3.50. The largest absolute Gasteiger partial charge is 0.472 e. The molecule has 0 aliphatic heterocycles. The molecule has 0 fully saturated rings. The molecule has 1 amide bonds. The summed E-state index contributed by atoms with van der Waals surface area (Å²) in [7, 11) is -4.42. The van der Waals surface area contributed by atoms with E-state index in [1.54, 1.807) is 0 Å². The highest BCUT2D eigenvalue weighted by Gasteiger charge is 2.23. The number of nitrogens with one attached hydrogen (secondary N) is 1. The van der Waals surface area contributed by atoms with Crippen molar-refractivity contribution >= 4 is 19.7 Å². The summed E-state index contributed by atoms with van der Waals surface area (Å²) in [5.41, 5.74) is 0. The van der Waals surface area contributed by atoms with Gasteiger partial charge in [0, 0.05) is 19.4 Å². The second kappa shape index (κ2) is 48.2. The van der Waals surface area contributed by atoms with Gasteiger partial charge in [-0.05, 0) is 38.5 Å². The van der Waals surface area contributed by atoms with Crippen LogP contribution in [0.1, 0.15) is 271 Å². The summed E-state index contributed by atoms with van der Waals surface area (Å²) in [6, 6.07) is 0. The number of ether oxygens (including phenoxy) is 1. The van der Waals surface area contributed by atoms with Crippen molar-refractivity contribution in [3.05, 3.63) is 12.2 Å². The first-order valence-electron chi connectivity index (χ1n) is 26.2. The molecule has 0 saturated carbocycles. The van der Waals surface area contributed by atoms with Crippen LogP contribution in [0.3, 0.4) is 0 Å². The van der Waals surface area contributed by atoms with Gasteiger partial charge < -0.3 is 20.1 Å². The lowest BCUT2D eigenvalue weighted by Crippen LogP contribution is -2.27. The molecule has 0 bridgehead atoms. The minimum atomic E-state index is -4.42. The van der Waals surface area contributed by atoms with E-state index in [2.05, 4.69) is 31.3 Å². The Morgan fingerprint density at radius 2 is 0.836 bits per heavy atom. The highest BCUT2D eigenvalue weighted by molar-refractivity contribution is 7.47. The Morgan fingerprint density at radius 1 is 0.492 bits per heavy atom. The third-order valence-corrected chi connectivity index (χ3v) is 12.7. The average molecular weight is 886 g/mol. The number of unbranched alkanes of at least 4 members (excludes halogenated alkanes) is 35.